The Labute approximate surface area is 159 Å². The molecule has 2 aromatic rings. The largest absolute Gasteiger partial charge is 0.460 e. The van der Waals surface area contributed by atoms with Crippen molar-refractivity contribution in [2.24, 2.45) is 0 Å². The van der Waals surface area contributed by atoms with E-state index in [-0.39, 0.29) is 12.1 Å². The zero-order valence-corrected chi connectivity index (χ0v) is 15.6. The normalized spacial score (nSPS) is 25.5. The topological polar surface area (TPSA) is 49.1 Å². The molecule has 2 saturated heterocycles. The Kier molecular flexibility index (Phi) is 5.62. The van der Waals surface area contributed by atoms with Crippen LogP contribution in [-0.2, 0) is 11.3 Å². The van der Waals surface area contributed by atoms with Crippen molar-refractivity contribution >= 4 is 11.6 Å². The van der Waals surface area contributed by atoms with Gasteiger partial charge in [0.15, 0.2) is 0 Å². The van der Waals surface area contributed by atoms with Crippen LogP contribution in [0.4, 0.5) is 0 Å². The maximum atomic E-state index is 10.6. The van der Waals surface area contributed by atoms with Crippen LogP contribution in [0.5, 0.6) is 0 Å². The van der Waals surface area contributed by atoms with Crippen LogP contribution in [0.1, 0.15) is 12.2 Å². The Morgan fingerprint density at radius 1 is 1.12 bits per heavy atom. The summed E-state index contributed by atoms with van der Waals surface area (Å²) in [6.07, 6.45) is 0.646. The molecule has 1 N–H and O–H groups in total. The average molecular weight is 377 g/mol. The van der Waals surface area contributed by atoms with E-state index in [9.17, 15) is 5.11 Å². The summed E-state index contributed by atoms with van der Waals surface area (Å²) in [5.74, 6) is 1.74. The predicted molar refractivity (Wildman–Crippen MR) is 101 cm³/mol. The minimum atomic E-state index is -0.329. The van der Waals surface area contributed by atoms with E-state index < -0.39 is 0 Å². The first-order valence-corrected chi connectivity index (χ1v) is 9.64. The SMILES string of the molecule is O[C@@H]1CN(Cc2ccc(-c3cccc(Cl)c3)o2)CC[C@H]1N1CCOCC1. The van der Waals surface area contributed by atoms with Gasteiger partial charge in [0.25, 0.3) is 0 Å². The molecule has 0 radical (unpaired) electrons. The molecule has 6 heteroatoms. The number of benzene rings is 1. The number of rotatable bonds is 4. The number of hydrogen-bond donors (Lipinski definition) is 1. The average Bonchev–Trinajstić information content (AvgIpc) is 3.11. The number of morpholine rings is 1. The fourth-order valence-electron chi connectivity index (χ4n) is 3.94. The van der Waals surface area contributed by atoms with Crippen molar-refractivity contribution < 1.29 is 14.3 Å². The highest BCUT2D eigenvalue weighted by Crippen LogP contribution is 2.26. The number of halogens is 1. The summed E-state index contributed by atoms with van der Waals surface area (Å²) in [4.78, 5) is 4.64. The van der Waals surface area contributed by atoms with E-state index in [1.54, 1.807) is 0 Å². The lowest BCUT2D eigenvalue weighted by atomic mass is 9.99. The first kappa shape index (κ1) is 18.0. The second-order valence-corrected chi connectivity index (χ2v) is 7.52. The lowest BCUT2D eigenvalue weighted by Gasteiger charge is -2.42. The number of aliphatic hydroxyl groups is 1. The van der Waals surface area contributed by atoms with Crippen LogP contribution in [0.3, 0.4) is 0 Å². The highest BCUT2D eigenvalue weighted by molar-refractivity contribution is 6.30. The Balaban J connectivity index is 1.35. The number of likely N-dealkylation sites (tertiary alicyclic amines) is 1. The summed E-state index contributed by atoms with van der Waals surface area (Å²) in [5, 5.41) is 11.3. The minimum Gasteiger partial charge on any atom is -0.460 e. The number of hydrogen-bond acceptors (Lipinski definition) is 5. The van der Waals surface area contributed by atoms with Gasteiger partial charge >= 0.3 is 0 Å². The van der Waals surface area contributed by atoms with Crippen molar-refractivity contribution in [1.29, 1.82) is 0 Å². The maximum Gasteiger partial charge on any atom is 0.134 e. The van der Waals surface area contributed by atoms with E-state index >= 15 is 0 Å². The van der Waals surface area contributed by atoms with Gasteiger partial charge in [-0.3, -0.25) is 9.80 Å². The van der Waals surface area contributed by atoms with Crippen LogP contribution in [0.2, 0.25) is 5.02 Å². The van der Waals surface area contributed by atoms with E-state index in [2.05, 4.69) is 9.80 Å². The number of β-amino-alcohol motifs (C(OH)–C–C–N with tert-alkyl or cyclic N) is 1. The molecule has 0 bridgehead atoms. The summed E-state index contributed by atoms with van der Waals surface area (Å²) < 4.78 is 11.4. The smallest absolute Gasteiger partial charge is 0.134 e. The molecular formula is C20H25ClN2O3. The van der Waals surface area contributed by atoms with Gasteiger partial charge in [-0.2, -0.15) is 0 Å². The molecule has 0 saturated carbocycles. The lowest BCUT2D eigenvalue weighted by Crippen LogP contribution is -2.56. The molecular weight excluding hydrogens is 352 g/mol. The van der Waals surface area contributed by atoms with Gasteiger partial charge in [-0.1, -0.05) is 23.7 Å². The van der Waals surface area contributed by atoms with Crippen molar-refractivity contribution in [2.45, 2.75) is 25.1 Å². The highest BCUT2D eigenvalue weighted by atomic mass is 35.5. The van der Waals surface area contributed by atoms with Gasteiger partial charge in [-0.15, -0.1) is 0 Å². The molecule has 1 aromatic heterocycles. The van der Waals surface area contributed by atoms with Gasteiger partial charge in [0.2, 0.25) is 0 Å². The third kappa shape index (κ3) is 4.13. The Bertz CT molecular complexity index is 729. The first-order valence-electron chi connectivity index (χ1n) is 9.26. The number of ether oxygens (including phenoxy) is 1. The number of furan rings is 1. The molecule has 0 amide bonds. The standard InChI is InChI=1S/C20H25ClN2O3/c21-16-3-1-2-15(12-16)20-5-4-17(26-20)13-22-7-6-18(19(24)14-22)23-8-10-25-11-9-23/h1-5,12,18-19,24H,6-11,13-14H2/t18-,19-/m1/s1. The van der Waals surface area contributed by atoms with Gasteiger partial charge in [0.05, 0.1) is 25.9 Å². The zero-order valence-electron chi connectivity index (χ0n) is 14.8. The lowest BCUT2D eigenvalue weighted by molar-refractivity contribution is -0.0541. The van der Waals surface area contributed by atoms with Gasteiger partial charge in [-0.05, 0) is 30.7 Å². The van der Waals surface area contributed by atoms with Crippen LogP contribution in [0.15, 0.2) is 40.8 Å². The number of piperidine rings is 1. The Hall–Kier alpha value is -1.37. The third-order valence-corrected chi connectivity index (χ3v) is 5.53. The van der Waals surface area contributed by atoms with Crippen molar-refractivity contribution in [3.8, 4) is 11.3 Å². The fraction of sp³-hybridized carbons (Fsp3) is 0.500. The van der Waals surface area contributed by atoms with Gasteiger partial charge < -0.3 is 14.3 Å². The summed E-state index contributed by atoms with van der Waals surface area (Å²) in [7, 11) is 0. The molecule has 0 aliphatic carbocycles. The summed E-state index contributed by atoms with van der Waals surface area (Å²) in [6, 6.07) is 11.9. The van der Waals surface area contributed by atoms with E-state index in [0.717, 1.165) is 56.4 Å². The third-order valence-electron chi connectivity index (χ3n) is 5.30. The van der Waals surface area contributed by atoms with E-state index in [0.29, 0.717) is 18.1 Å². The van der Waals surface area contributed by atoms with Crippen LogP contribution in [0.25, 0.3) is 11.3 Å². The molecule has 2 aliphatic rings. The number of nitrogens with zero attached hydrogens (tertiary/aromatic N) is 2. The molecule has 2 atom stereocenters. The van der Waals surface area contributed by atoms with Crippen LogP contribution in [-0.4, -0.2) is 66.4 Å². The minimum absolute atomic E-state index is 0.244. The number of aliphatic hydroxyl groups excluding tert-OH is 1. The molecule has 1 aromatic carbocycles. The molecule has 140 valence electrons. The summed E-state index contributed by atoms with van der Waals surface area (Å²) in [6.45, 7) is 5.73. The van der Waals surface area contributed by atoms with Crippen LogP contribution < -0.4 is 0 Å². The molecule has 2 aliphatic heterocycles. The first-order chi connectivity index (χ1) is 12.7. The fourth-order valence-corrected chi connectivity index (χ4v) is 4.13. The summed E-state index contributed by atoms with van der Waals surface area (Å²) in [5.41, 5.74) is 0.981. The van der Waals surface area contributed by atoms with Crippen LogP contribution in [0, 0.1) is 0 Å². The molecule has 3 heterocycles. The Morgan fingerprint density at radius 3 is 2.73 bits per heavy atom. The van der Waals surface area contributed by atoms with Crippen molar-refractivity contribution in [3.63, 3.8) is 0 Å². The van der Waals surface area contributed by atoms with E-state index in [1.807, 2.05) is 36.4 Å². The van der Waals surface area contributed by atoms with Gasteiger partial charge in [0.1, 0.15) is 11.5 Å². The molecule has 4 rings (SSSR count). The van der Waals surface area contributed by atoms with Crippen LogP contribution >= 0.6 is 11.6 Å². The van der Waals surface area contributed by atoms with Gasteiger partial charge in [-0.25, -0.2) is 0 Å². The molecule has 0 spiro atoms. The van der Waals surface area contributed by atoms with Crippen molar-refractivity contribution in [1.82, 2.24) is 9.80 Å². The molecule has 2 fully saturated rings. The Morgan fingerprint density at radius 2 is 1.96 bits per heavy atom. The molecule has 0 unspecified atom stereocenters. The van der Waals surface area contributed by atoms with Crippen molar-refractivity contribution in [2.75, 3.05) is 39.4 Å². The molecule has 5 nitrogen and oxygen atoms in total. The van der Waals surface area contributed by atoms with E-state index in [4.69, 9.17) is 20.8 Å². The zero-order chi connectivity index (χ0) is 17.9. The van der Waals surface area contributed by atoms with E-state index in [1.165, 1.54) is 0 Å². The second kappa shape index (κ2) is 8.11. The monoisotopic (exact) mass is 376 g/mol. The quantitative estimate of drug-likeness (QED) is 0.889. The highest BCUT2D eigenvalue weighted by Gasteiger charge is 2.33. The molecule has 26 heavy (non-hydrogen) atoms. The summed E-state index contributed by atoms with van der Waals surface area (Å²) >= 11 is 6.06. The second-order valence-electron chi connectivity index (χ2n) is 7.08. The predicted octanol–water partition coefficient (Wildman–Crippen LogP) is 2.87. The van der Waals surface area contributed by atoms with Crippen molar-refractivity contribution in [3.05, 3.63) is 47.2 Å². The maximum absolute atomic E-state index is 10.6. The van der Waals surface area contributed by atoms with Gasteiger partial charge in [0, 0.05) is 42.8 Å².